The lowest BCUT2D eigenvalue weighted by Gasteiger charge is -2.30. The number of nitrogens with one attached hydrogen (secondary N) is 1. The van der Waals surface area contributed by atoms with Crippen LogP contribution in [0.3, 0.4) is 0 Å². The topological polar surface area (TPSA) is 71.0 Å². The highest BCUT2D eigenvalue weighted by atomic mass is 16.1. The van der Waals surface area contributed by atoms with Crippen molar-refractivity contribution >= 4 is 17.5 Å². The molecule has 126 valence electrons. The molecule has 0 fully saturated rings. The highest BCUT2D eigenvalue weighted by Crippen LogP contribution is 2.28. The van der Waals surface area contributed by atoms with Gasteiger partial charge < -0.3 is 10.2 Å². The number of hydrogen-bond donors (Lipinski definition) is 1. The third-order valence-corrected chi connectivity index (χ3v) is 4.36. The van der Waals surface area contributed by atoms with Gasteiger partial charge in [0.05, 0.1) is 11.4 Å². The van der Waals surface area contributed by atoms with Gasteiger partial charge >= 0.3 is 0 Å². The van der Waals surface area contributed by atoms with Crippen molar-refractivity contribution in [3.8, 4) is 0 Å². The van der Waals surface area contributed by atoms with Crippen molar-refractivity contribution < 1.29 is 4.79 Å². The molecule has 2 aromatic rings. The zero-order valence-electron chi connectivity index (χ0n) is 14.5. The van der Waals surface area contributed by atoms with Gasteiger partial charge in [-0.05, 0) is 36.5 Å². The fourth-order valence-corrected chi connectivity index (χ4v) is 3.15. The van der Waals surface area contributed by atoms with Crippen LogP contribution in [0.5, 0.6) is 0 Å². The Labute approximate surface area is 142 Å². The second kappa shape index (κ2) is 6.95. The Bertz CT molecular complexity index is 759. The second-order valence-corrected chi connectivity index (χ2v) is 6.01. The van der Waals surface area contributed by atoms with Crippen molar-refractivity contribution in [1.29, 1.82) is 0 Å². The Morgan fingerprint density at radius 3 is 2.71 bits per heavy atom. The first kappa shape index (κ1) is 16.4. The normalized spacial score (nSPS) is 13.5. The van der Waals surface area contributed by atoms with E-state index in [1.807, 2.05) is 12.1 Å². The van der Waals surface area contributed by atoms with Crippen molar-refractivity contribution in [3.05, 3.63) is 40.7 Å². The molecule has 0 unspecified atom stereocenters. The molecule has 1 N–H and O–H groups in total. The van der Waals surface area contributed by atoms with Gasteiger partial charge in [0.1, 0.15) is 0 Å². The molecule has 6 nitrogen and oxygen atoms in total. The predicted molar refractivity (Wildman–Crippen MR) is 94.1 cm³/mol. The molecule has 0 saturated carbocycles. The maximum Gasteiger partial charge on any atom is 0.245 e. The lowest BCUT2D eigenvalue weighted by atomic mass is 9.98. The van der Waals surface area contributed by atoms with Gasteiger partial charge in [-0.3, -0.25) is 4.79 Å². The molecular weight excluding hydrogens is 302 g/mol. The number of nitrogens with zero attached hydrogens (tertiary/aromatic N) is 4. The fourth-order valence-electron chi connectivity index (χ4n) is 3.15. The second-order valence-electron chi connectivity index (χ2n) is 6.01. The van der Waals surface area contributed by atoms with E-state index < -0.39 is 0 Å². The number of amides is 1. The van der Waals surface area contributed by atoms with Crippen LogP contribution >= 0.6 is 0 Å². The van der Waals surface area contributed by atoms with Crippen molar-refractivity contribution in [2.24, 2.45) is 0 Å². The van der Waals surface area contributed by atoms with Crippen LogP contribution in [-0.2, 0) is 30.6 Å². The number of carbonyl (C=O) groups excluding carboxylic acids is 1. The zero-order valence-corrected chi connectivity index (χ0v) is 14.5. The molecule has 1 aliphatic heterocycles. The first-order valence-corrected chi connectivity index (χ1v) is 8.48. The number of benzene rings is 1. The summed E-state index contributed by atoms with van der Waals surface area (Å²) in [6, 6.07) is 6.03. The molecule has 3 rings (SSSR count). The van der Waals surface area contributed by atoms with Gasteiger partial charge in [0.2, 0.25) is 11.9 Å². The van der Waals surface area contributed by atoms with E-state index >= 15 is 0 Å². The highest BCUT2D eigenvalue weighted by molar-refractivity contribution is 5.89. The Hall–Kier alpha value is -2.50. The molecule has 0 saturated heterocycles. The maximum atomic E-state index is 11.4. The summed E-state index contributed by atoms with van der Waals surface area (Å²) in [5, 5.41) is 11.6. The van der Waals surface area contributed by atoms with Crippen LogP contribution in [0.1, 0.15) is 43.3 Å². The van der Waals surface area contributed by atoms with E-state index in [2.05, 4.69) is 40.3 Å². The largest absolute Gasteiger partial charge is 0.335 e. The zero-order chi connectivity index (χ0) is 17.1. The van der Waals surface area contributed by atoms with E-state index in [0.717, 1.165) is 49.4 Å². The Morgan fingerprint density at radius 2 is 2.00 bits per heavy atom. The number of anilines is 2. The molecule has 1 aromatic heterocycles. The molecule has 6 heteroatoms. The van der Waals surface area contributed by atoms with Gasteiger partial charge in [0.15, 0.2) is 0 Å². The molecule has 0 spiro atoms. The smallest absolute Gasteiger partial charge is 0.245 e. The number of fused-ring (bicyclic) bond motifs is 1. The van der Waals surface area contributed by atoms with Crippen LogP contribution in [0.15, 0.2) is 18.2 Å². The van der Waals surface area contributed by atoms with Crippen LogP contribution in [0.4, 0.5) is 11.6 Å². The molecule has 0 bridgehead atoms. The lowest BCUT2D eigenvalue weighted by molar-refractivity contribution is -0.114. The minimum absolute atomic E-state index is 0.0406. The van der Waals surface area contributed by atoms with E-state index in [1.54, 1.807) is 0 Å². The molecule has 1 aromatic carbocycles. The van der Waals surface area contributed by atoms with Crippen LogP contribution in [0.25, 0.3) is 0 Å². The summed E-state index contributed by atoms with van der Waals surface area (Å²) >= 11 is 0. The first-order chi connectivity index (χ1) is 11.6. The number of hydrogen-bond acceptors (Lipinski definition) is 5. The van der Waals surface area contributed by atoms with Crippen molar-refractivity contribution in [2.75, 3.05) is 16.8 Å². The van der Waals surface area contributed by atoms with Crippen LogP contribution in [-0.4, -0.2) is 27.6 Å². The van der Waals surface area contributed by atoms with E-state index in [4.69, 9.17) is 4.98 Å². The first-order valence-electron chi connectivity index (χ1n) is 8.48. The minimum Gasteiger partial charge on any atom is -0.335 e. The van der Waals surface area contributed by atoms with Crippen LogP contribution < -0.4 is 10.2 Å². The average molecular weight is 325 g/mol. The summed E-state index contributed by atoms with van der Waals surface area (Å²) in [7, 11) is 0. The lowest BCUT2D eigenvalue weighted by Crippen LogP contribution is -2.33. The maximum absolute atomic E-state index is 11.4. The van der Waals surface area contributed by atoms with E-state index in [9.17, 15) is 4.79 Å². The predicted octanol–water partition coefficient (Wildman–Crippen LogP) is 2.52. The third kappa shape index (κ3) is 3.22. The Kier molecular flexibility index (Phi) is 4.74. The standard InChI is InChI=1S/C18H23N5O/c1-4-15-16(5-2)21-22-18(20-15)23-10-9-14-13(11-23)7-6-8-17(14)19-12(3)24/h6-8H,4-5,9-11H2,1-3H3,(H,19,24). The van der Waals surface area contributed by atoms with E-state index in [0.29, 0.717) is 5.95 Å². The van der Waals surface area contributed by atoms with Gasteiger partial charge in [0.25, 0.3) is 0 Å². The average Bonchev–Trinajstić information content (AvgIpc) is 2.60. The fraction of sp³-hybridized carbons (Fsp3) is 0.444. The molecule has 0 atom stereocenters. The third-order valence-electron chi connectivity index (χ3n) is 4.36. The molecule has 24 heavy (non-hydrogen) atoms. The number of aromatic nitrogens is 3. The van der Waals surface area contributed by atoms with Crippen molar-refractivity contribution in [2.45, 2.75) is 46.6 Å². The summed E-state index contributed by atoms with van der Waals surface area (Å²) < 4.78 is 0. The molecule has 0 aliphatic carbocycles. The van der Waals surface area contributed by atoms with Gasteiger partial charge in [-0.2, -0.15) is 5.10 Å². The van der Waals surface area contributed by atoms with Gasteiger partial charge in [-0.1, -0.05) is 26.0 Å². The number of carbonyl (C=O) groups is 1. The van der Waals surface area contributed by atoms with Crippen LogP contribution in [0.2, 0.25) is 0 Å². The summed E-state index contributed by atoms with van der Waals surface area (Å²) in [5.41, 5.74) is 5.33. The SMILES string of the molecule is CCc1nnc(N2CCc3c(cccc3NC(C)=O)C2)nc1CC. The van der Waals surface area contributed by atoms with Gasteiger partial charge in [-0.15, -0.1) is 5.10 Å². The Balaban J connectivity index is 1.86. The molecule has 1 aliphatic rings. The Morgan fingerprint density at radius 1 is 1.21 bits per heavy atom. The summed E-state index contributed by atoms with van der Waals surface area (Å²) in [4.78, 5) is 18.2. The van der Waals surface area contributed by atoms with Crippen molar-refractivity contribution in [1.82, 2.24) is 15.2 Å². The van der Waals surface area contributed by atoms with E-state index in [-0.39, 0.29) is 5.91 Å². The summed E-state index contributed by atoms with van der Waals surface area (Å²) in [6.45, 7) is 7.26. The minimum atomic E-state index is -0.0406. The summed E-state index contributed by atoms with van der Waals surface area (Å²) in [5.74, 6) is 0.653. The molecule has 1 amide bonds. The van der Waals surface area contributed by atoms with Gasteiger partial charge in [-0.25, -0.2) is 4.98 Å². The molecule has 2 heterocycles. The van der Waals surface area contributed by atoms with Crippen molar-refractivity contribution in [3.63, 3.8) is 0 Å². The quantitative estimate of drug-likeness (QED) is 0.935. The monoisotopic (exact) mass is 325 g/mol. The number of rotatable bonds is 4. The van der Waals surface area contributed by atoms with Crippen LogP contribution in [0, 0.1) is 0 Å². The molecule has 0 radical (unpaired) electrons. The molecular formula is C18H23N5O. The van der Waals surface area contributed by atoms with E-state index in [1.165, 1.54) is 18.1 Å². The summed E-state index contributed by atoms with van der Waals surface area (Å²) in [6.07, 6.45) is 2.57. The number of aryl methyl sites for hydroxylation is 2. The van der Waals surface area contributed by atoms with Gasteiger partial charge in [0, 0.05) is 25.7 Å². The highest BCUT2D eigenvalue weighted by Gasteiger charge is 2.22.